The summed E-state index contributed by atoms with van der Waals surface area (Å²) in [6.07, 6.45) is 0. The fourth-order valence-electron chi connectivity index (χ4n) is 2.60. The first-order chi connectivity index (χ1) is 11.9. The summed E-state index contributed by atoms with van der Waals surface area (Å²) in [5.74, 6) is -1.49. The van der Waals surface area contributed by atoms with E-state index in [-0.39, 0.29) is 28.9 Å². The van der Waals surface area contributed by atoms with Gasteiger partial charge in [0, 0.05) is 22.0 Å². The predicted molar refractivity (Wildman–Crippen MR) is 94.0 cm³/mol. The van der Waals surface area contributed by atoms with Crippen molar-refractivity contribution in [3.05, 3.63) is 58.1 Å². The molecule has 3 rings (SSSR count). The van der Waals surface area contributed by atoms with E-state index < -0.39 is 12.6 Å². The van der Waals surface area contributed by atoms with Crippen LogP contribution in [0.15, 0.2) is 36.4 Å². The van der Waals surface area contributed by atoms with E-state index in [0.717, 1.165) is 5.56 Å². The van der Waals surface area contributed by atoms with E-state index in [1.54, 1.807) is 25.1 Å². The topological polar surface area (TPSA) is 98.5 Å². The van der Waals surface area contributed by atoms with Crippen LogP contribution in [0.5, 0.6) is 0 Å². The maximum Gasteiger partial charge on any atom is 0.340 e. The van der Waals surface area contributed by atoms with Gasteiger partial charge in [-0.15, -0.1) is 0 Å². The van der Waals surface area contributed by atoms with E-state index in [0.29, 0.717) is 16.3 Å². The molecule has 0 radical (unpaired) electrons. The zero-order valence-corrected chi connectivity index (χ0v) is 14.1. The lowest BCUT2D eigenvalue weighted by atomic mass is 9.99. The molecule has 0 unspecified atom stereocenters. The maximum absolute atomic E-state index is 12.3. The van der Waals surface area contributed by atoms with Gasteiger partial charge in [-0.05, 0) is 48.9 Å². The Kier molecular flexibility index (Phi) is 4.46. The number of carbonyl (C=O) groups is 3. The number of esters is 1. The summed E-state index contributed by atoms with van der Waals surface area (Å²) < 4.78 is 5.04. The number of nitrogen functional groups attached to an aromatic ring is 1. The molecule has 3 N–H and O–H groups in total. The van der Waals surface area contributed by atoms with Gasteiger partial charge in [-0.1, -0.05) is 11.6 Å². The number of amides is 1. The van der Waals surface area contributed by atoms with Gasteiger partial charge in [0.05, 0.1) is 11.5 Å². The zero-order valence-electron chi connectivity index (χ0n) is 13.3. The van der Waals surface area contributed by atoms with Gasteiger partial charge in [0.1, 0.15) is 0 Å². The highest BCUT2D eigenvalue weighted by atomic mass is 35.5. The molecule has 25 heavy (non-hydrogen) atoms. The predicted octanol–water partition coefficient (Wildman–Crippen LogP) is 3.02. The fraction of sp³-hybridized carbons (Fsp3) is 0.167. The molecule has 0 fully saturated rings. The maximum atomic E-state index is 12.3. The van der Waals surface area contributed by atoms with Crippen LogP contribution in [-0.4, -0.2) is 24.3 Å². The van der Waals surface area contributed by atoms with Gasteiger partial charge < -0.3 is 15.8 Å². The number of halogens is 1. The smallest absolute Gasteiger partial charge is 0.340 e. The van der Waals surface area contributed by atoms with Gasteiger partial charge in [0.15, 0.2) is 12.4 Å². The second kappa shape index (κ2) is 6.57. The Morgan fingerprint density at radius 2 is 2.00 bits per heavy atom. The van der Waals surface area contributed by atoms with Crippen molar-refractivity contribution in [3.63, 3.8) is 0 Å². The summed E-state index contributed by atoms with van der Waals surface area (Å²) in [4.78, 5) is 36.0. The van der Waals surface area contributed by atoms with E-state index in [2.05, 4.69) is 5.32 Å². The molecule has 0 spiro atoms. The Bertz CT molecular complexity index is 895. The van der Waals surface area contributed by atoms with Gasteiger partial charge in [-0.2, -0.15) is 0 Å². The molecule has 0 bridgehead atoms. The molecule has 6 nitrogen and oxygen atoms in total. The van der Waals surface area contributed by atoms with Gasteiger partial charge in [0.2, 0.25) is 5.91 Å². The van der Waals surface area contributed by atoms with Crippen molar-refractivity contribution in [1.82, 2.24) is 0 Å². The standard InChI is InChI=1S/C18H15ClN2O4/c1-9-13-6-10(2-5-15(13)21-17(9)23)16(22)8-25-18(24)12-4-3-11(19)7-14(12)20/h2-7,9H,8,20H2,1H3,(H,21,23)/t9-/m0/s1. The molecule has 2 aromatic rings. The van der Waals surface area contributed by atoms with Crippen LogP contribution in [0, 0.1) is 0 Å². The summed E-state index contributed by atoms with van der Waals surface area (Å²) in [7, 11) is 0. The van der Waals surface area contributed by atoms with Crippen molar-refractivity contribution in [2.45, 2.75) is 12.8 Å². The number of fused-ring (bicyclic) bond motifs is 1. The van der Waals surface area contributed by atoms with Crippen LogP contribution in [0.1, 0.15) is 39.1 Å². The Balaban J connectivity index is 1.69. The highest BCUT2D eigenvalue weighted by Gasteiger charge is 2.27. The molecule has 0 aliphatic carbocycles. The minimum absolute atomic E-state index is 0.107. The molecule has 0 saturated carbocycles. The van der Waals surface area contributed by atoms with Crippen LogP contribution in [0.2, 0.25) is 5.02 Å². The number of anilines is 2. The highest BCUT2D eigenvalue weighted by molar-refractivity contribution is 6.31. The van der Waals surface area contributed by atoms with E-state index >= 15 is 0 Å². The van der Waals surface area contributed by atoms with Crippen molar-refractivity contribution in [2.24, 2.45) is 0 Å². The van der Waals surface area contributed by atoms with E-state index in [1.165, 1.54) is 18.2 Å². The number of Topliss-reactive ketones (excluding diaryl/α,β-unsaturated/α-hetero) is 1. The Labute approximate surface area is 148 Å². The average Bonchev–Trinajstić information content (AvgIpc) is 2.86. The summed E-state index contributed by atoms with van der Waals surface area (Å²) in [5, 5.41) is 3.14. The average molecular weight is 359 g/mol. The second-order valence-corrected chi connectivity index (χ2v) is 6.18. The van der Waals surface area contributed by atoms with Crippen LogP contribution < -0.4 is 11.1 Å². The number of ether oxygens (including phenoxy) is 1. The first kappa shape index (κ1) is 17.0. The molecule has 2 aromatic carbocycles. The SMILES string of the molecule is C[C@@H]1C(=O)Nc2ccc(C(=O)COC(=O)c3ccc(Cl)cc3N)cc21. The molecular weight excluding hydrogens is 344 g/mol. The summed E-state index contributed by atoms with van der Waals surface area (Å²) in [6, 6.07) is 9.30. The molecule has 1 amide bonds. The van der Waals surface area contributed by atoms with E-state index in [1.807, 2.05) is 0 Å². The van der Waals surface area contributed by atoms with Crippen molar-refractivity contribution in [1.29, 1.82) is 0 Å². The van der Waals surface area contributed by atoms with Crippen LogP contribution in [0.25, 0.3) is 0 Å². The molecule has 7 heteroatoms. The van der Waals surface area contributed by atoms with E-state index in [9.17, 15) is 14.4 Å². The Morgan fingerprint density at radius 3 is 2.72 bits per heavy atom. The number of nitrogens with one attached hydrogen (secondary N) is 1. The third-order valence-corrected chi connectivity index (χ3v) is 4.29. The number of benzene rings is 2. The summed E-state index contributed by atoms with van der Waals surface area (Å²) >= 11 is 5.78. The number of hydrogen-bond donors (Lipinski definition) is 2. The van der Waals surface area contributed by atoms with Crippen LogP contribution in [0.3, 0.4) is 0 Å². The zero-order chi connectivity index (χ0) is 18.1. The summed E-state index contributed by atoms with van der Waals surface area (Å²) in [6.45, 7) is 1.34. The first-order valence-electron chi connectivity index (χ1n) is 7.57. The van der Waals surface area contributed by atoms with Crippen molar-refractivity contribution in [2.75, 3.05) is 17.7 Å². The van der Waals surface area contributed by atoms with Crippen LogP contribution >= 0.6 is 11.6 Å². The lowest BCUT2D eigenvalue weighted by Crippen LogP contribution is -2.15. The highest BCUT2D eigenvalue weighted by Crippen LogP contribution is 2.32. The minimum atomic E-state index is -0.700. The third-order valence-electron chi connectivity index (χ3n) is 4.06. The monoisotopic (exact) mass is 358 g/mol. The molecule has 1 aliphatic heterocycles. The van der Waals surface area contributed by atoms with E-state index in [4.69, 9.17) is 22.1 Å². The third kappa shape index (κ3) is 3.34. The van der Waals surface area contributed by atoms with Crippen LogP contribution in [0.4, 0.5) is 11.4 Å². The molecule has 1 aliphatic rings. The number of nitrogens with two attached hydrogens (primary N) is 1. The minimum Gasteiger partial charge on any atom is -0.454 e. The van der Waals surface area contributed by atoms with Gasteiger partial charge in [-0.25, -0.2) is 4.79 Å². The lowest BCUT2D eigenvalue weighted by Gasteiger charge is -2.08. The Hall–Kier alpha value is -2.86. The molecule has 128 valence electrons. The molecule has 0 aromatic heterocycles. The van der Waals surface area contributed by atoms with Crippen molar-refractivity contribution >= 4 is 40.6 Å². The number of rotatable bonds is 4. The molecule has 0 saturated heterocycles. The quantitative estimate of drug-likeness (QED) is 0.497. The Morgan fingerprint density at radius 1 is 1.24 bits per heavy atom. The first-order valence-corrected chi connectivity index (χ1v) is 7.95. The number of ketones is 1. The lowest BCUT2D eigenvalue weighted by molar-refractivity contribution is -0.116. The largest absolute Gasteiger partial charge is 0.454 e. The van der Waals surface area contributed by atoms with Gasteiger partial charge in [0.25, 0.3) is 0 Å². The van der Waals surface area contributed by atoms with Crippen LogP contribution in [-0.2, 0) is 9.53 Å². The summed E-state index contributed by atoms with van der Waals surface area (Å²) in [5.41, 5.74) is 7.87. The second-order valence-electron chi connectivity index (χ2n) is 5.74. The molecule has 1 atom stereocenters. The fourth-order valence-corrected chi connectivity index (χ4v) is 2.78. The van der Waals surface area contributed by atoms with Crippen molar-refractivity contribution in [3.8, 4) is 0 Å². The molecule has 1 heterocycles. The number of hydrogen-bond acceptors (Lipinski definition) is 5. The van der Waals surface area contributed by atoms with Gasteiger partial charge >= 0.3 is 5.97 Å². The normalized spacial score (nSPS) is 15.4. The molecular formula is C18H15ClN2O4. The number of carbonyl (C=O) groups excluding carboxylic acids is 3. The van der Waals surface area contributed by atoms with Gasteiger partial charge in [-0.3, -0.25) is 9.59 Å². The van der Waals surface area contributed by atoms with Crippen molar-refractivity contribution < 1.29 is 19.1 Å².